The van der Waals surface area contributed by atoms with Gasteiger partial charge in [0, 0.05) is 11.6 Å². The van der Waals surface area contributed by atoms with Gasteiger partial charge in [0.15, 0.2) is 5.78 Å². The Kier molecular flexibility index (Phi) is 4.22. The molecule has 0 heterocycles. The number of ether oxygens (including phenoxy) is 1. The van der Waals surface area contributed by atoms with Gasteiger partial charge in [0.25, 0.3) is 5.69 Å². The number of nitro groups is 1. The minimum atomic E-state index is -3.19. The van der Waals surface area contributed by atoms with Crippen LogP contribution in [-0.4, -0.2) is 17.3 Å². The maximum atomic E-state index is 12.4. The number of hydrogen-bond acceptors (Lipinski definition) is 4. The summed E-state index contributed by atoms with van der Waals surface area (Å²) in [6.45, 7) is -3.19. The molecule has 0 aliphatic carbocycles. The third kappa shape index (κ3) is 3.38. The number of alkyl halides is 2. The number of carbonyl (C=O) groups is 1. The van der Waals surface area contributed by atoms with E-state index in [1.165, 1.54) is 12.1 Å². The Bertz CT molecular complexity index is 674. The summed E-state index contributed by atoms with van der Waals surface area (Å²) in [5.74, 6) is -1.07. The smallest absolute Gasteiger partial charge is 0.387 e. The number of nitrogens with zero attached hydrogens (tertiary/aromatic N) is 1. The van der Waals surface area contributed by atoms with E-state index in [9.17, 15) is 23.7 Å². The van der Waals surface area contributed by atoms with Crippen molar-refractivity contribution in [2.24, 2.45) is 0 Å². The van der Waals surface area contributed by atoms with Crippen molar-refractivity contribution in [2.45, 2.75) is 6.61 Å². The number of ketones is 1. The second-order valence-corrected chi connectivity index (χ2v) is 4.01. The lowest BCUT2D eigenvalue weighted by Gasteiger charge is -2.09. The number of halogens is 2. The van der Waals surface area contributed by atoms with Gasteiger partial charge in [-0.15, -0.1) is 0 Å². The van der Waals surface area contributed by atoms with Crippen molar-refractivity contribution in [2.75, 3.05) is 0 Å². The SMILES string of the molecule is O=C(c1ccccc1)c1ccc([N+](=O)[O-])cc1OC(F)F. The van der Waals surface area contributed by atoms with Gasteiger partial charge in [-0.25, -0.2) is 0 Å². The van der Waals surface area contributed by atoms with E-state index in [2.05, 4.69) is 4.74 Å². The molecule has 0 amide bonds. The van der Waals surface area contributed by atoms with E-state index in [1.807, 2.05) is 0 Å². The largest absolute Gasteiger partial charge is 0.434 e. The summed E-state index contributed by atoms with van der Waals surface area (Å²) in [7, 11) is 0. The predicted molar refractivity (Wildman–Crippen MR) is 69.6 cm³/mol. The Labute approximate surface area is 117 Å². The molecule has 0 N–H and O–H groups in total. The molecule has 0 saturated carbocycles. The zero-order chi connectivity index (χ0) is 15.4. The van der Waals surface area contributed by atoms with E-state index in [0.717, 1.165) is 18.2 Å². The Balaban J connectivity index is 2.47. The monoisotopic (exact) mass is 293 g/mol. The van der Waals surface area contributed by atoms with Gasteiger partial charge in [-0.1, -0.05) is 30.3 Å². The molecule has 0 aromatic heterocycles. The quantitative estimate of drug-likeness (QED) is 0.481. The fourth-order valence-electron chi connectivity index (χ4n) is 1.75. The van der Waals surface area contributed by atoms with Crippen molar-refractivity contribution in [3.63, 3.8) is 0 Å². The van der Waals surface area contributed by atoms with E-state index >= 15 is 0 Å². The highest BCUT2D eigenvalue weighted by molar-refractivity contribution is 6.10. The molecule has 7 heteroatoms. The highest BCUT2D eigenvalue weighted by Crippen LogP contribution is 2.28. The van der Waals surface area contributed by atoms with Gasteiger partial charge in [-0.2, -0.15) is 8.78 Å². The fourth-order valence-corrected chi connectivity index (χ4v) is 1.75. The molecular weight excluding hydrogens is 284 g/mol. The van der Waals surface area contributed by atoms with E-state index in [4.69, 9.17) is 0 Å². The molecule has 5 nitrogen and oxygen atoms in total. The van der Waals surface area contributed by atoms with Crippen LogP contribution < -0.4 is 4.74 Å². The molecule has 2 aromatic carbocycles. The van der Waals surface area contributed by atoms with E-state index in [1.54, 1.807) is 18.2 Å². The first-order valence-corrected chi connectivity index (χ1v) is 5.82. The molecule has 21 heavy (non-hydrogen) atoms. The molecule has 2 rings (SSSR count). The van der Waals surface area contributed by atoms with Gasteiger partial charge in [0.05, 0.1) is 16.6 Å². The maximum Gasteiger partial charge on any atom is 0.387 e. The average Bonchev–Trinajstić information content (AvgIpc) is 2.46. The molecule has 0 radical (unpaired) electrons. The molecule has 0 saturated heterocycles. The zero-order valence-corrected chi connectivity index (χ0v) is 10.5. The van der Waals surface area contributed by atoms with Crippen LogP contribution in [0.5, 0.6) is 5.75 Å². The van der Waals surface area contributed by atoms with Gasteiger partial charge in [-0.3, -0.25) is 14.9 Å². The second kappa shape index (κ2) is 6.08. The lowest BCUT2D eigenvalue weighted by atomic mass is 10.0. The Hall–Kier alpha value is -2.83. The third-order valence-corrected chi connectivity index (χ3v) is 2.67. The van der Waals surface area contributed by atoms with Gasteiger partial charge in [0.2, 0.25) is 0 Å². The Morgan fingerprint density at radius 1 is 1.14 bits per heavy atom. The molecular formula is C14H9F2NO4. The third-order valence-electron chi connectivity index (χ3n) is 2.67. The van der Waals surface area contributed by atoms with Crippen LogP contribution in [0.3, 0.4) is 0 Å². The summed E-state index contributed by atoms with van der Waals surface area (Å²) in [4.78, 5) is 22.1. The lowest BCUT2D eigenvalue weighted by Crippen LogP contribution is -2.09. The molecule has 0 aliphatic heterocycles. The topological polar surface area (TPSA) is 69.4 Å². The Morgan fingerprint density at radius 2 is 1.81 bits per heavy atom. The predicted octanol–water partition coefficient (Wildman–Crippen LogP) is 3.43. The maximum absolute atomic E-state index is 12.4. The van der Waals surface area contributed by atoms with Crippen LogP contribution in [0.2, 0.25) is 0 Å². The highest BCUT2D eigenvalue weighted by atomic mass is 19.3. The summed E-state index contributed by atoms with van der Waals surface area (Å²) in [6, 6.07) is 10.9. The molecule has 0 aliphatic rings. The number of carbonyl (C=O) groups excluding carboxylic acids is 1. The summed E-state index contributed by atoms with van der Waals surface area (Å²) >= 11 is 0. The van der Waals surface area contributed by atoms with Gasteiger partial charge >= 0.3 is 6.61 Å². The fraction of sp³-hybridized carbons (Fsp3) is 0.0714. The van der Waals surface area contributed by atoms with Crippen molar-refractivity contribution < 1.29 is 23.2 Å². The van der Waals surface area contributed by atoms with Crippen molar-refractivity contribution in [3.05, 3.63) is 69.8 Å². The summed E-state index contributed by atoms with van der Waals surface area (Å²) < 4.78 is 29.0. The van der Waals surface area contributed by atoms with Crippen molar-refractivity contribution in [1.29, 1.82) is 0 Å². The van der Waals surface area contributed by atoms with Crippen LogP contribution in [0.1, 0.15) is 15.9 Å². The van der Waals surface area contributed by atoms with Crippen LogP contribution in [0.4, 0.5) is 14.5 Å². The van der Waals surface area contributed by atoms with Crippen LogP contribution >= 0.6 is 0 Å². The molecule has 0 atom stereocenters. The number of nitro benzene ring substituents is 1. The first-order valence-electron chi connectivity index (χ1n) is 5.82. The van der Waals surface area contributed by atoms with E-state index < -0.39 is 28.8 Å². The Morgan fingerprint density at radius 3 is 2.38 bits per heavy atom. The average molecular weight is 293 g/mol. The number of rotatable bonds is 5. The number of hydrogen-bond donors (Lipinski definition) is 0. The van der Waals surface area contributed by atoms with Crippen LogP contribution in [0.15, 0.2) is 48.5 Å². The van der Waals surface area contributed by atoms with E-state index in [-0.39, 0.29) is 11.1 Å². The zero-order valence-electron chi connectivity index (χ0n) is 10.5. The van der Waals surface area contributed by atoms with Gasteiger partial charge in [0.1, 0.15) is 5.75 Å². The van der Waals surface area contributed by atoms with Crippen molar-refractivity contribution in [1.82, 2.24) is 0 Å². The summed E-state index contributed by atoms with van der Waals surface area (Å²) in [6.07, 6.45) is 0. The lowest BCUT2D eigenvalue weighted by molar-refractivity contribution is -0.385. The highest BCUT2D eigenvalue weighted by Gasteiger charge is 2.20. The first kappa shape index (κ1) is 14.6. The normalized spacial score (nSPS) is 10.4. The molecule has 2 aromatic rings. The second-order valence-electron chi connectivity index (χ2n) is 4.01. The van der Waals surface area contributed by atoms with Crippen LogP contribution in [0, 0.1) is 10.1 Å². The molecule has 108 valence electrons. The molecule has 0 unspecified atom stereocenters. The van der Waals surface area contributed by atoms with Crippen molar-refractivity contribution in [3.8, 4) is 5.75 Å². The minimum absolute atomic E-state index is 0.160. The number of benzene rings is 2. The van der Waals surface area contributed by atoms with Crippen LogP contribution in [-0.2, 0) is 0 Å². The summed E-state index contributed by atoms with van der Waals surface area (Å²) in [5.41, 5.74) is -0.326. The standard InChI is InChI=1S/C14H9F2NO4/c15-14(16)21-12-8-10(17(19)20)6-7-11(12)13(18)9-4-2-1-3-5-9/h1-8,14H. The van der Waals surface area contributed by atoms with E-state index in [0.29, 0.717) is 0 Å². The number of non-ortho nitro benzene ring substituents is 1. The van der Waals surface area contributed by atoms with Crippen molar-refractivity contribution >= 4 is 11.5 Å². The first-order chi connectivity index (χ1) is 9.99. The molecule has 0 fully saturated rings. The van der Waals surface area contributed by atoms with Gasteiger partial charge < -0.3 is 4.74 Å². The minimum Gasteiger partial charge on any atom is -0.434 e. The van der Waals surface area contributed by atoms with Crippen LogP contribution in [0.25, 0.3) is 0 Å². The summed E-state index contributed by atoms with van der Waals surface area (Å²) in [5, 5.41) is 10.7. The molecule has 0 bridgehead atoms. The van der Waals surface area contributed by atoms with Gasteiger partial charge in [-0.05, 0) is 6.07 Å². The molecule has 0 spiro atoms.